The molecule has 148 valence electrons. The van der Waals surface area contributed by atoms with E-state index in [-0.39, 0.29) is 0 Å². The summed E-state index contributed by atoms with van der Waals surface area (Å²) in [5, 5.41) is 3.45. The van der Waals surface area contributed by atoms with Crippen LogP contribution in [0.3, 0.4) is 0 Å². The first-order valence-corrected chi connectivity index (χ1v) is 11.8. The largest absolute Gasteiger partial charge is 0.379 e. The number of hydrogen-bond acceptors (Lipinski definition) is 7. The van der Waals surface area contributed by atoms with Gasteiger partial charge in [-0.3, -0.25) is 4.90 Å². The van der Waals surface area contributed by atoms with Crippen molar-refractivity contribution in [2.45, 2.75) is 39.3 Å². The molecule has 2 aliphatic rings. The summed E-state index contributed by atoms with van der Waals surface area (Å²) in [5.41, 5.74) is 1.34. The minimum atomic E-state index is 0.439. The van der Waals surface area contributed by atoms with Crippen LogP contribution in [0.25, 0.3) is 10.2 Å². The Balaban J connectivity index is 1.57. The second-order valence-electron chi connectivity index (χ2n) is 7.68. The minimum absolute atomic E-state index is 0.439. The highest BCUT2D eigenvalue weighted by molar-refractivity contribution is 7.18. The molecule has 2 fully saturated rings. The summed E-state index contributed by atoms with van der Waals surface area (Å²) in [6, 6.07) is 4.87. The van der Waals surface area contributed by atoms with Crippen molar-refractivity contribution >= 4 is 38.7 Å². The highest BCUT2D eigenvalue weighted by atomic mass is 32.1. The average molecular weight is 415 g/mol. The smallest absolute Gasteiger partial charge is 0.146 e. The molecule has 0 radical (unpaired) electrons. The Bertz CT molecular complexity index is 963. The van der Waals surface area contributed by atoms with Crippen molar-refractivity contribution in [3.63, 3.8) is 0 Å². The van der Waals surface area contributed by atoms with E-state index in [0.717, 1.165) is 55.9 Å². The maximum absolute atomic E-state index is 5.50. The van der Waals surface area contributed by atoms with Gasteiger partial charge in [0, 0.05) is 29.4 Å². The molecule has 2 aliphatic heterocycles. The molecule has 5 nitrogen and oxygen atoms in total. The van der Waals surface area contributed by atoms with Crippen LogP contribution in [0, 0.1) is 13.8 Å². The van der Waals surface area contributed by atoms with Crippen molar-refractivity contribution in [1.82, 2.24) is 14.9 Å². The van der Waals surface area contributed by atoms with Gasteiger partial charge >= 0.3 is 0 Å². The zero-order chi connectivity index (χ0) is 19.1. The van der Waals surface area contributed by atoms with Gasteiger partial charge in [-0.1, -0.05) is 6.07 Å². The molecule has 2 saturated heterocycles. The number of morpholine rings is 1. The van der Waals surface area contributed by atoms with Gasteiger partial charge in [0.05, 0.1) is 31.2 Å². The number of anilines is 1. The van der Waals surface area contributed by atoms with Crippen LogP contribution in [0.5, 0.6) is 0 Å². The predicted octanol–water partition coefficient (Wildman–Crippen LogP) is 4.54. The summed E-state index contributed by atoms with van der Waals surface area (Å²) >= 11 is 3.67. The van der Waals surface area contributed by atoms with E-state index in [1.165, 1.54) is 33.5 Å². The predicted molar refractivity (Wildman–Crippen MR) is 117 cm³/mol. The molecule has 0 bridgehead atoms. The molecular formula is C21H26N4OS2. The number of nitrogens with zero attached hydrogens (tertiary/aromatic N) is 4. The zero-order valence-corrected chi connectivity index (χ0v) is 18.1. The summed E-state index contributed by atoms with van der Waals surface area (Å²) in [4.78, 5) is 19.0. The van der Waals surface area contributed by atoms with Crippen molar-refractivity contribution < 1.29 is 4.74 Å². The summed E-state index contributed by atoms with van der Waals surface area (Å²) in [5.74, 6) is 2.09. The van der Waals surface area contributed by atoms with E-state index in [9.17, 15) is 0 Å². The number of hydrogen-bond donors (Lipinski definition) is 0. The molecule has 3 aromatic heterocycles. The third-order valence-electron chi connectivity index (χ3n) is 5.92. The third kappa shape index (κ3) is 3.34. The highest BCUT2D eigenvalue weighted by Gasteiger charge is 2.31. The van der Waals surface area contributed by atoms with Crippen LogP contribution < -0.4 is 4.90 Å². The van der Waals surface area contributed by atoms with Crippen LogP contribution in [0.15, 0.2) is 17.5 Å². The van der Waals surface area contributed by atoms with E-state index in [0.29, 0.717) is 6.04 Å². The monoisotopic (exact) mass is 414 g/mol. The molecule has 7 heteroatoms. The van der Waals surface area contributed by atoms with Gasteiger partial charge in [-0.2, -0.15) is 0 Å². The first-order chi connectivity index (χ1) is 13.7. The van der Waals surface area contributed by atoms with Gasteiger partial charge in [0.2, 0.25) is 0 Å². The Morgan fingerprint density at radius 3 is 2.82 bits per heavy atom. The summed E-state index contributed by atoms with van der Waals surface area (Å²) in [7, 11) is 0. The number of aromatic nitrogens is 2. The van der Waals surface area contributed by atoms with Gasteiger partial charge in [0.25, 0.3) is 0 Å². The maximum atomic E-state index is 5.50. The molecule has 0 aliphatic carbocycles. The van der Waals surface area contributed by atoms with E-state index in [4.69, 9.17) is 14.7 Å². The SMILES string of the molecule is Cc1sc2nc(CN3CCOCC3)nc(N3CCCC3c3cccs3)c2c1C. The van der Waals surface area contributed by atoms with E-state index in [1.54, 1.807) is 0 Å². The first-order valence-electron chi connectivity index (χ1n) is 10.1. The fourth-order valence-electron chi connectivity index (χ4n) is 4.31. The molecule has 0 amide bonds. The topological polar surface area (TPSA) is 41.5 Å². The van der Waals surface area contributed by atoms with Gasteiger partial charge in [-0.15, -0.1) is 22.7 Å². The van der Waals surface area contributed by atoms with E-state index in [2.05, 4.69) is 41.2 Å². The number of fused-ring (bicyclic) bond motifs is 1. The number of rotatable bonds is 4. The Morgan fingerprint density at radius 1 is 1.18 bits per heavy atom. The lowest BCUT2D eigenvalue weighted by atomic mass is 10.1. The average Bonchev–Trinajstić information content (AvgIpc) is 3.43. The second-order valence-corrected chi connectivity index (χ2v) is 9.86. The van der Waals surface area contributed by atoms with E-state index >= 15 is 0 Å². The molecule has 1 unspecified atom stereocenters. The Kier molecular flexibility index (Phi) is 5.09. The van der Waals surface area contributed by atoms with Crippen molar-refractivity contribution in [2.24, 2.45) is 0 Å². The van der Waals surface area contributed by atoms with Crippen molar-refractivity contribution in [1.29, 1.82) is 0 Å². The van der Waals surface area contributed by atoms with E-state index < -0.39 is 0 Å². The molecule has 3 aromatic rings. The fraction of sp³-hybridized carbons (Fsp3) is 0.524. The second kappa shape index (κ2) is 7.71. The van der Waals surface area contributed by atoms with Crippen LogP contribution in [0.1, 0.15) is 40.0 Å². The molecule has 0 N–H and O–H groups in total. The lowest BCUT2D eigenvalue weighted by molar-refractivity contribution is 0.0331. The molecule has 1 atom stereocenters. The number of thiophene rings is 2. The van der Waals surface area contributed by atoms with Crippen molar-refractivity contribution in [3.05, 3.63) is 38.7 Å². The maximum Gasteiger partial charge on any atom is 0.146 e. The number of aryl methyl sites for hydroxylation is 2. The Hall–Kier alpha value is -1.54. The van der Waals surface area contributed by atoms with Crippen molar-refractivity contribution in [3.8, 4) is 0 Å². The summed E-state index contributed by atoms with van der Waals surface area (Å²) in [6.45, 7) is 9.83. The van der Waals surface area contributed by atoms with Crippen LogP contribution in [-0.4, -0.2) is 47.7 Å². The molecule has 0 aromatic carbocycles. The minimum Gasteiger partial charge on any atom is -0.379 e. The van der Waals surface area contributed by atoms with Crippen LogP contribution in [-0.2, 0) is 11.3 Å². The summed E-state index contributed by atoms with van der Waals surface area (Å²) < 4.78 is 5.50. The van der Waals surface area contributed by atoms with Crippen LogP contribution in [0.4, 0.5) is 5.82 Å². The molecule has 28 heavy (non-hydrogen) atoms. The summed E-state index contributed by atoms with van der Waals surface area (Å²) in [6.07, 6.45) is 2.42. The van der Waals surface area contributed by atoms with Crippen molar-refractivity contribution in [2.75, 3.05) is 37.7 Å². The fourth-order valence-corrected chi connectivity index (χ4v) is 6.22. The van der Waals surface area contributed by atoms with Crippen LogP contribution in [0.2, 0.25) is 0 Å². The quantitative estimate of drug-likeness (QED) is 0.627. The number of ether oxygens (including phenoxy) is 1. The standard InChI is InChI=1S/C21H26N4OS2/c1-14-15(2)28-21-19(14)20(22-18(23-21)13-24-8-10-26-11-9-24)25-7-3-5-16(25)17-6-4-12-27-17/h4,6,12,16H,3,5,7-11,13H2,1-2H3. The first kappa shape index (κ1) is 18.5. The van der Waals surface area contributed by atoms with Gasteiger partial charge < -0.3 is 9.64 Å². The lowest BCUT2D eigenvalue weighted by Crippen LogP contribution is -2.36. The van der Waals surface area contributed by atoms with Gasteiger partial charge in [0.15, 0.2) is 0 Å². The third-order valence-corrected chi connectivity index (χ3v) is 8.00. The zero-order valence-electron chi connectivity index (χ0n) is 16.5. The lowest BCUT2D eigenvalue weighted by Gasteiger charge is -2.28. The molecule has 0 spiro atoms. The molecular weight excluding hydrogens is 388 g/mol. The van der Waals surface area contributed by atoms with Crippen LogP contribution >= 0.6 is 22.7 Å². The highest BCUT2D eigenvalue weighted by Crippen LogP contribution is 2.42. The van der Waals surface area contributed by atoms with Gasteiger partial charge in [0.1, 0.15) is 16.5 Å². The van der Waals surface area contributed by atoms with Gasteiger partial charge in [-0.25, -0.2) is 9.97 Å². The normalized spacial score (nSPS) is 21.1. The van der Waals surface area contributed by atoms with Gasteiger partial charge in [-0.05, 0) is 43.7 Å². The Labute approximate surface area is 174 Å². The molecule has 5 heterocycles. The van der Waals surface area contributed by atoms with E-state index in [1.807, 2.05) is 22.7 Å². The Morgan fingerprint density at radius 2 is 2.04 bits per heavy atom. The molecule has 5 rings (SSSR count). The molecule has 0 saturated carbocycles.